The van der Waals surface area contributed by atoms with Gasteiger partial charge in [0.1, 0.15) is 0 Å². The molecule has 3 heterocycles. The van der Waals surface area contributed by atoms with Crippen molar-refractivity contribution in [1.82, 2.24) is 9.88 Å². The molecule has 0 spiro atoms. The number of rotatable bonds is 6. The van der Waals surface area contributed by atoms with Crippen molar-refractivity contribution < 1.29 is 14.2 Å². The Morgan fingerprint density at radius 3 is 2.88 bits per heavy atom. The van der Waals surface area contributed by atoms with Gasteiger partial charge in [-0.2, -0.15) is 0 Å². The van der Waals surface area contributed by atoms with E-state index in [0.29, 0.717) is 12.9 Å². The lowest BCUT2D eigenvalue weighted by molar-refractivity contribution is 0.0674. The van der Waals surface area contributed by atoms with Crippen LogP contribution in [0.1, 0.15) is 29.8 Å². The molecular formula is C20H24N2O3. The van der Waals surface area contributed by atoms with Crippen LogP contribution in [0.5, 0.6) is 11.5 Å². The van der Waals surface area contributed by atoms with Crippen LogP contribution in [-0.2, 0) is 17.8 Å². The van der Waals surface area contributed by atoms with Gasteiger partial charge in [-0.1, -0.05) is 12.1 Å². The molecule has 25 heavy (non-hydrogen) atoms. The number of nitrogens with zero attached hydrogens (tertiary/aromatic N) is 2. The maximum Gasteiger partial charge on any atom is 0.231 e. The second-order valence-electron chi connectivity index (χ2n) is 6.76. The number of benzene rings is 1. The Morgan fingerprint density at radius 2 is 2.04 bits per heavy atom. The van der Waals surface area contributed by atoms with Crippen molar-refractivity contribution in [3.05, 3.63) is 53.3 Å². The van der Waals surface area contributed by atoms with Crippen LogP contribution >= 0.6 is 0 Å². The maximum atomic E-state index is 5.85. The molecule has 1 saturated heterocycles. The Balaban J connectivity index is 1.49. The van der Waals surface area contributed by atoms with Crippen LogP contribution in [0.15, 0.2) is 36.4 Å². The Kier molecular flexibility index (Phi) is 4.85. The highest BCUT2D eigenvalue weighted by Gasteiger charge is 2.21. The zero-order chi connectivity index (χ0) is 17.1. The Labute approximate surface area is 148 Å². The first-order valence-corrected chi connectivity index (χ1v) is 8.91. The molecule has 2 aliphatic heterocycles. The van der Waals surface area contributed by atoms with Gasteiger partial charge in [-0.25, -0.2) is 0 Å². The largest absolute Gasteiger partial charge is 0.454 e. The number of pyridine rings is 1. The monoisotopic (exact) mass is 340 g/mol. The molecule has 2 aromatic rings. The van der Waals surface area contributed by atoms with Crippen molar-refractivity contribution in [2.75, 3.05) is 19.9 Å². The Bertz CT molecular complexity index is 729. The van der Waals surface area contributed by atoms with Crippen LogP contribution < -0.4 is 9.47 Å². The molecule has 5 nitrogen and oxygen atoms in total. The summed E-state index contributed by atoms with van der Waals surface area (Å²) < 4.78 is 16.8. The van der Waals surface area contributed by atoms with Crippen LogP contribution in [0, 0.1) is 6.92 Å². The first-order valence-electron chi connectivity index (χ1n) is 8.91. The summed E-state index contributed by atoms with van der Waals surface area (Å²) in [6, 6.07) is 12.4. The zero-order valence-electron chi connectivity index (χ0n) is 14.6. The van der Waals surface area contributed by atoms with Gasteiger partial charge in [-0.3, -0.25) is 9.88 Å². The first-order chi connectivity index (χ1) is 12.3. The summed E-state index contributed by atoms with van der Waals surface area (Å²) in [5.74, 6) is 1.66. The average molecular weight is 340 g/mol. The van der Waals surface area contributed by atoms with Gasteiger partial charge in [-0.05, 0) is 49.6 Å². The average Bonchev–Trinajstić information content (AvgIpc) is 3.25. The molecule has 4 rings (SSSR count). The molecule has 1 aromatic carbocycles. The molecule has 132 valence electrons. The van der Waals surface area contributed by atoms with Crippen LogP contribution in [0.4, 0.5) is 0 Å². The molecule has 0 radical (unpaired) electrons. The van der Waals surface area contributed by atoms with Gasteiger partial charge in [0, 0.05) is 31.9 Å². The van der Waals surface area contributed by atoms with E-state index in [1.807, 2.05) is 19.1 Å². The van der Waals surface area contributed by atoms with E-state index in [1.54, 1.807) is 0 Å². The molecule has 1 aromatic heterocycles. The highest BCUT2D eigenvalue weighted by molar-refractivity contribution is 5.44. The zero-order valence-corrected chi connectivity index (χ0v) is 14.6. The summed E-state index contributed by atoms with van der Waals surface area (Å²) in [5.41, 5.74) is 3.37. The highest BCUT2D eigenvalue weighted by Crippen LogP contribution is 2.33. The predicted molar refractivity (Wildman–Crippen MR) is 94.6 cm³/mol. The minimum absolute atomic E-state index is 0.311. The van der Waals surface area contributed by atoms with Gasteiger partial charge in [0.15, 0.2) is 11.5 Å². The van der Waals surface area contributed by atoms with E-state index >= 15 is 0 Å². The number of aryl methyl sites for hydroxylation is 1. The molecule has 2 aliphatic rings. The SMILES string of the molecule is Cc1cccc(CN(Cc2ccc3c(c2)OCO3)CC2CCCO2)n1. The maximum absolute atomic E-state index is 5.85. The van der Waals surface area contributed by atoms with Crippen molar-refractivity contribution in [2.45, 2.75) is 39.0 Å². The lowest BCUT2D eigenvalue weighted by atomic mass is 10.1. The summed E-state index contributed by atoms with van der Waals surface area (Å²) in [5, 5.41) is 0. The van der Waals surface area contributed by atoms with Gasteiger partial charge in [0.2, 0.25) is 6.79 Å². The first kappa shape index (κ1) is 16.4. The van der Waals surface area contributed by atoms with Crippen LogP contribution in [0.3, 0.4) is 0 Å². The lowest BCUT2D eigenvalue weighted by Gasteiger charge is -2.25. The quantitative estimate of drug-likeness (QED) is 0.807. The molecule has 0 N–H and O–H groups in total. The summed E-state index contributed by atoms with van der Waals surface area (Å²) in [4.78, 5) is 7.07. The Morgan fingerprint density at radius 1 is 1.12 bits per heavy atom. The topological polar surface area (TPSA) is 43.8 Å². The third kappa shape index (κ3) is 4.11. The summed E-state index contributed by atoms with van der Waals surface area (Å²) in [6.07, 6.45) is 2.61. The summed E-state index contributed by atoms with van der Waals surface area (Å²) >= 11 is 0. The smallest absolute Gasteiger partial charge is 0.231 e. The number of ether oxygens (including phenoxy) is 3. The van der Waals surface area contributed by atoms with E-state index < -0.39 is 0 Å². The minimum atomic E-state index is 0.311. The van der Waals surface area contributed by atoms with Crippen molar-refractivity contribution in [3.63, 3.8) is 0 Å². The fourth-order valence-electron chi connectivity index (χ4n) is 3.48. The van der Waals surface area contributed by atoms with Crippen molar-refractivity contribution in [1.29, 1.82) is 0 Å². The summed E-state index contributed by atoms with van der Waals surface area (Å²) in [7, 11) is 0. The standard InChI is InChI=1S/C20H24N2O3/c1-15-4-2-5-17(21-15)12-22(13-18-6-3-9-23-18)11-16-7-8-19-20(10-16)25-14-24-19/h2,4-5,7-8,10,18H,3,6,9,11-14H2,1H3. The molecule has 0 bridgehead atoms. The molecule has 1 fully saturated rings. The molecular weight excluding hydrogens is 316 g/mol. The van der Waals surface area contributed by atoms with E-state index in [-0.39, 0.29) is 0 Å². The second kappa shape index (κ2) is 7.42. The fraction of sp³-hybridized carbons (Fsp3) is 0.450. The molecule has 5 heteroatoms. The van der Waals surface area contributed by atoms with Gasteiger partial charge >= 0.3 is 0 Å². The van der Waals surface area contributed by atoms with Crippen molar-refractivity contribution in [2.24, 2.45) is 0 Å². The predicted octanol–water partition coefficient (Wildman–Crippen LogP) is 3.30. The van der Waals surface area contributed by atoms with Gasteiger partial charge in [0.25, 0.3) is 0 Å². The number of hydrogen-bond donors (Lipinski definition) is 0. The minimum Gasteiger partial charge on any atom is -0.454 e. The number of aromatic nitrogens is 1. The van der Waals surface area contributed by atoms with Gasteiger partial charge < -0.3 is 14.2 Å². The van der Waals surface area contributed by atoms with Crippen molar-refractivity contribution in [3.8, 4) is 11.5 Å². The molecule has 0 aliphatic carbocycles. The van der Waals surface area contributed by atoms with Crippen LogP contribution in [-0.4, -0.2) is 35.9 Å². The highest BCUT2D eigenvalue weighted by atomic mass is 16.7. The van der Waals surface area contributed by atoms with E-state index in [9.17, 15) is 0 Å². The van der Waals surface area contributed by atoms with Crippen molar-refractivity contribution >= 4 is 0 Å². The third-order valence-corrected chi connectivity index (χ3v) is 4.66. The lowest BCUT2D eigenvalue weighted by Crippen LogP contribution is -2.31. The van der Waals surface area contributed by atoms with E-state index in [2.05, 4.69) is 34.1 Å². The number of hydrogen-bond acceptors (Lipinski definition) is 5. The van der Waals surface area contributed by atoms with E-state index in [4.69, 9.17) is 14.2 Å². The molecule has 1 unspecified atom stereocenters. The van der Waals surface area contributed by atoms with E-state index in [0.717, 1.165) is 62.0 Å². The summed E-state index contributed by atoms with van der Waals surface area (Å²) in [6.45, 7) is 5.80. The fourth-order valence-corrected chi connectivity index (χ4v) is 3.48. The normalized spacial score (nSPS) is 18.9. The number of fused-ring (bicyclic) bond motifs is 1. The van der Waals surface area contributed by atoms with Crippen LogP contribution in [0.25, 0.3) is 0 Å². The second-order valence-corrected chi connectivity index (χ2v) is 6.76. The van der Waals surface area contributed by atoms with Gasteiger partial charge in [0.05, 0.1) is 11.8 Å². The molecule has 0 saturated carbocycles. The molecule has 0 amide bonds. The third-order valence-electron chi connectivity index (χ3n) is 4.66. The van der Waals surface area contributed by atoms with Gasteiger partial charge in [-0.15, -0.1) is 0 Å². The van der Waals surface area contributed by atoms with E-state index in [1.165, 1.54) is 5.56 Å². The Hall–Kier alpha value is -2.11. The van der Waals surface area contributed by atoms with Crippen LogP contribution in [0.2, 0.25) is 0 Å². The molecule has 1 atom stereocenters.